The van der Waals surface area contributed by atoms with E-state index >= 15 is 0 Å². The molecule has 7 heteroatoms. The van der Waals surface area contributed by atoms with Crippen molar-refractivity contribution in [1.29, 1.82) is 0 Å². The van der Waals surface area contributed by atoms with E-state index in [1.165, 1.54) is 11.8 Å². The number of quaternary nitrogens is 1. The van der Waals surface area contributed by atoms with E-state index in [0.29, 0.717) is 17.8 Å². The zero-order valence-electron chi connectivity index (χ0n) is 14.2. The number of ketones is 1. The summed E-state index contributed by atoms with van der Waals surface area (Å²) in [4.78, 5) is 35.6. The lowest BCUT2D eigenvalue weighted by molar-refractivity contribution is -0.892. The number of aromatic nitrogens is 2. The van der Waals surface area contributed by atoms with Crippen molar-refractivity contribution in [3.05, 3.63) is 48.3 Å². The number of hydrogen-bond acceptors (Lipinski definition) is 5. The van der Waals surface area contributed by atoms with Gasteiger partial charge in [-0.3, -0.25) is 9.59 Å². The van der Waals surface area contributed by atoms with Gasteiger partial charge in [-0.25, -0.2) is 9.97 Å². The number of benzene rings is 1. The van der Waals surface area contributed by atoms with Crippen LogP contribution < -0.4 is 15.1 Å². The molecule has 0 atom stereocenters. The van der Waals surface area contributed by atoms with Gasteiger partial charge < -0.3 is 15.1 Å². The van der Waals surface area contributed by atoms with Crippen molar-refractivity contribution in [2.24, 2.45) is 0 Å². The summed E-state index contributed by atoms with van der Waals surface area (Å²) in [7, 11) is 0. The molecule has 25 heavy (non-hydrogen) atoms. The van der Waals surface area contributed by atoms with E-state index in [1.54, 1.807) is 42.7 Å². The topological polar surface area (TPSA) is 79.6 Å². The molecule has 0 radical (unpaired) electrons. The summed E-state index contributed by atoms with van der Waals surface area (Å²) in [5, 5.41) is 2.88. The lowest BCUT2D eigenvalue weighted by Crippen LogP contribution is -3.15. The Morgan fingerprint density at radius 3 is 2.56 bits per heavy atom. The van der Waals surface area contributed by atoms with Crippen LogP contribution in [0.1, 0.15) is 17.3 Å². The summed E-state index contributed by atoms with van der Waals surface area (Å²) < 4.78 is 0. The van der Waals surface area contributed by atoms with Crippen molar-refractivity contribution in [2.75, 3.05) is 42.9 Å². The Balaban J connectivity index is 1.49. The summed E-state index contributed by atoms with van der Waals surface area (Å²) in [5.41, 5.74) is 1.26. The van der Waals surface area contributed by atoms with Crippen molar-refractivity contribution < 1.29 is 14.5 Å². The second kappa shape index (κ2) is 7.85. The highest BCUT2D eigenvalue weighted by Crippen LogP contribution is 2.10. The van der Waals surface area contributed by atoms with Crippen LogP contribution in [0.3, 0.4) is 0 Å². The molecular weight excluding hydrogens is 318 g/mol. The van der Waals surface area contributed by atoms with E-state index in [4.69, 9.17) is 0 Å². The fraction of sp³-hybridized carbons (Fsp3) is 0.333. The number of Topliss-reactive ketones (excluding diaryl/α,β-unsaturated/α-hetero) is 1. The minimum atomic E-state index is -0.0416. The highest BCUT2D eigenvalue weighted by Gasteiger charge is 2.23. The van der Waals surface area contributed by atoms with Crippen molar-refractivity contribution in [1.82, 2.24) is 9.97 Å². The molecule has 1 aliphatic rings. The number of anilines is 2. The van der Waals surface area contributed by atoms with Crippen LogP contribution in [-0.2, 0) is 4.79 Å². The van der Waals surface area contributed by atoms with Crippen molar-refractivity contribution in [3.8, 4) is 0 Å². The third-order valence-electron chi connectivity index (χ3n) is 4.27. The first-order valence-electron chi connectivity index (χ1n) is 8.38. The maximum absolute atomic E-state index is 12.3. The summed E-state index contributed by atoms with van der Waals surface area (Å²) in [6.07, 6.45) is 3.48. The molecule has 1 aromatic carbocycles. The monoisotopic (exact) mass is 340 g/mol. The van der Waals surface area contributed by atoms with E-state index < -0.39 is 0 Å². The van der Waals surface area contributed by atoms with Crippen LogP contribution in [0.4, 0.5) is 11.6 Å². The lowest BCUT2D eigenvalue weighted by Gasteiger charge is -2.31. The van der Waals surface area contributed by atoms with Crippen LogP contribution in [0.2, 0.25) is 0 Å². The molecule has 2 N–H and O–H groups in total. The number of piperazine rings is 1. The number of nitrogens with zero attached hydrogens (tertiary/aromatic N) is 3. The molecule has 0 aliphatic carbocycles. The van der Waals surface area contributed by atoms with Gasteiger partial charge in [0.25, 0.3) is 5.91 Å². The minimum Gasteiger partial charge on any atom is -0.330 e. The van der Waals surface area contributed by atoms with E-state index in [-0.39, 0.29) is 11.7 Å². The Hall–Kier alpha value is -2.80. The van der Waals surface area contributed by atoms with E-state index in [1.807, 2.05) is 0 Å². The molecule has 0 spiro atoms. The van der Waals surface area contributed by atoms with E-state index in [2.05, 4.69) is 20.2 Å². The Morgan fingerprint density at radius 2 is 1.88 bits per heavy atom. The summed E-state index contributed by atoms with van der Waals surface area (Å²) >= 11 is 0. The Morgan fingerprint density at radius 1 is 1.16 bits per heavy atom. The number of carbonyl (C=O) groups is 2. The molecule has 3 rings (SSSR count). The van der Waals surface area contributed by atoms with Crippen LogP contribution >= 0.6 is 0 Å². The zero-order chi connectivity index (χ0) is 17.6. The molecule has 1 amide bonds. The van der Waals surface area contributed by atoms with Gasteiger partial charge in [0.15, 0.2) is 12.3 Å². The first kappa shape index (κ1) is 17.0. The quantitative estimate of drug-likeness (QED) is 0.751. The van der Waals surface area contributed by atoms with E-state index in [0.717, 1.165) is 32.1 Å². The molecule has 1 fully saturated rings. The second-order valence-corrected chi connectivity index (χ2v) is 6.15. The third-order valence-corrected chi connectivity index (χ3v) is 4.27. The smallest absolute Gasteiger partial charge is 0.279 e. The fourth-order valence-electron chi connectivity index (χ4n) is 2.90. The number of carbonyl (C=O) groups excluding carboxylic acids is 2. The standard InChI is InChI=1S/C18H21N5O2/c1-14(24)15-4-2-5-16(12-15)21-17(25)13-22-8-10-23(11-9-22)18-19-6-3-7-20-18/h2-7,12H,8-11,13H2,1H3,(H,21,25)/p+1. The Labute approximate surface area is 146 Å². The molecule has 2 aromatic rings. The van der Waals surface area contributed by atoms with Crippen molar-refractivity contribution in [2.45, 2.75) is 6.92 Å². The normalized spacial score (nSPS) is 15.0. The predicted molar refractivity (Wildman–Crippen MR) is 94.9 cm³/mol. The molecule has 0 bridgehead atoms. The Bertz CT molecular complexity index is 742. The summed E-state index contributed by atoms with van der Waals surface area (Å²) in [5.74, 6) is 0.688. The van der Waals surface area contributed by atoms with Gasteiger partial charge in [0.1, 0.15) is 0 Å². The predicted octanol–water partition coefficient (Wildman–Crippen LogP) is 0.0228. The van der Waals surface area contributed by atoms with Crippen LogP contribution in [-0.4, -0.2) is 54.4 Å². The maximum atomic E-state index is 12.3. The molecule has 7 nitrogen and oxygen atoms in total. The molecule has 1 aromatic heterocycles. The third kappa shape index (κ3) is 4.60. The zero-order valence-corrected chi connectivity index (χ0v) is 14.2. The van der Waals surface area contributed by atoms with Gasteiger partial charge >= 0.3 is 0 Å². The average molecular weight is 340 g/mol. The molecule has 0 unspecified atom stereocenters. The molecular formula is C18H22N5O2+. The van der Waals surface area contributed by atoms with Crippen molar-refractivity contribution in [3.63, 3.8) is 0 Å². The summed E-state index contributed by atoms with van der Waals surface area (Å²) in [6.45, 7) is 5.30. The average Bonchev–Trinajstić information content (AvgIpc) is 2.63. The largest absolute Gasteiger partial charge is 0.330 e. The molecule has 130 valence electrons. The fourth-order valence-corrected chi connectivity index (χ4v) is 2.90. The number of rotatable bonds is 5. The van der Waals surface area contributed by atoms with Crippen LogP contribution in [0.25, 0.3) is 0 Å². The highest BCUT2D eigenvalue weighted by atomic mass is 16.2. The maximum Gasteiger partial charge on any atom is 0.279 e. The number of amides is 1. The van der Waals surface area contributed by atoms with Gasteiger partial charge in [-0.1, -0.05) is 12.1 Å². The molecule has 1 aliphatic heterocycles. The van der Waals surface area contributed by atoms with Gasteiger partial charge in [0, 0.05) is 23.6 Å². The van der Waals surface area contributed by atoms with Crippen LogP contribution in [0.5, 0.6) is 0 Å². The van der Waals surface area contributed by atoms with Gasteiger partial charge in [0.05, 0.1) is 26.2 Å². The van der Waals surface area contributed by atoms with Gasteiger partial charge in [0.2, 0.25) is 5.95 Å². The highest BCUT2D eigenvalue weighted by molar-refractivity contribution is 5.97. The van der Waals surface area contributed by atoms with Crippen LogP contribution in [0.15, 0.2) is 42.7 Å². The lowest BCUT2D eigenvalue weighted by atomic mass is 10.1. The van der Waals surface area contributed by atoms with Gasteiger partial charge in [-0.2, -0.15) is 0 Å². The first-order chi connectivity index (χ1) is 12.1. The SMILES string of the molecule is CC(=O)c1cccc(NC(=O)C[NH+]2CCN(c3ncccn3)CC2)c1. The second-order valence-electron chi connectivity index (χ2n) is 6.15. The van der Waals surface area contributed by atoms with E-state index in [9.17, 15) is 9.59 Å². The summed E-state index contributed by atoms with van der Waals surface area (Å²) in [6, 6.07) is 8.83. The van der Waals surface area contributed by atoms with Gasteiger partial charge in [-0.05, 0) is 25.1 Å². The molecule has 2 heterocycles. The number of hydrogen-bond donors (Lipinski definition) is 2. The minimum absolute atomic E-state index is 0.0130. The van der Waals surface area contributed by atoms with Crippen molar-refractivity contribution >= 4 is 23.3 Å². The van der Waals surface area contributed by atoms with Gasteiger partial charge in [-0.15, -0.1) is 0 Å². The van der Waals surface area contributed by atoms with Crippen LogP contribution in [0, 0.1) is 0 Å². The number of nitrogens with one attached hydrogen (secondary N) is 2. The molecule has 1 saturated heterocycles. The Kier molecular flexibility index (Phi) is 5.35. The first-order valence-corrected chi connectivity index (χ1v) is 8.38. The molecule has 0 saturated carbocycles.